The quantitative estimate of drug-likeness (QED) is 0.485. The fourth-order valence-electron chi connectivity index (χ4n) is 3.42. The summed E-state index contributed by atoms with van der Waals surface area (Å²) in [4.78, 5) is 42.5. The van der Waals surface area contributed by atoms with Crippen molar-refractivity contribution in [3.8, 4) is 12.3 Å². The molecule has 2 heterocycles. The van der Waals surface area contributed by atoms with E-state index in [1.165, 1.54) is 11.3 Å². The van der Waals surface area contributed by atoms with Crippen LogP contribution in [0, 0.1) is 26.2 Å². The van der Waals surface area contributed by atoms with Gasteiger partial charge in [-0.05, 0) is 61.4 Å². The molecule has 0 bridgehead atoms. The Bertz CT molecular complexity index is 1290. The maximum absolute atomic E-state index is 12.8. The Morgan fingerprint density at radius 3 is 2.37 bits per heavy atom. The number of aryl methyl sites for hydroxylation is 2. The Hall–Kier alpha value is -3.50. The van der Waals surface area contributed by atoms with Crippen molar-refractivity contribution in [1.29, 1.82) is 0 Å². The minimum Gasteiger partial charge on any atom is -0.305 e. The zero-order valence-corrected chi connectivity index (χ0v) is 17.5. The first-order valence-electron chi connectivity index (χ1n) is 9.48. The molecule has 150 valence electrons. The van der Waals surface area contributed by atoms with Crippen molar-refractivity contribution < 1.29 is 14.4 Å². The third-order valence-corrected chi connectivity index (χ3v) is 6.21. The van der Waals surface area contributed by atoms with Gasteiger partial charge in [0.15, 0.2) is 4.80 Å². The van der Waals surface area contributed by atoms with E-state index in [9.17, 15) is 14.4 Å². The molecule has 1 aliphatic rings. The van der Waals surface area contributed by atoms with Crippen LogP contribution in [0.15, 0.2) is 41.4 Å². The third kappa shape index (κ3) is 3.46. The van der Waals surface area contributed by atoms with Crippen LogP contribution in [0.4, 0.5) is 5.69 Å². The van der Waals surface area contributed by atoms with Crippen LogP contribution in [0.5, 0.6) is 0 Å². The summed E-state index contributed by atoms with van der Waals surface area (Å²) in [6, 6.07) is 10.5. The van der Waals surface area contributed by atoms with E-state index in [2.05, 4.69) is 23.0 Å². The highest BCUT2D eigenvalue weighted by Gasteiger charge is 2.30. The first-order chi connectivity index (χ1) is 14.4. The summed E-state index contributed by atoms with van der Waals surface area (Å²) in [6.07, 6.45) is 5.97. The van der Waals surface area contributed by atoms with Crippen molar-refractivity contribution in [2.24, 2.45) is 4.99 Å². The van der Waals surface area contributed by atoms with Gasteiger partial charge in [-0.15, -0.1) is 6.42 Å². The Balaban J connectivity index is 1.71. The van der Waals surface area contributed by atoms with Crippen molar-refractivity contribution in [2.75, 3.05) is 4.90 Å². The van der Waals surface area contributed by atoms with Gasteiger partial charge in [0.2, 0.25) is 11.8 Å². The van der Waals surface area contributed by atoms with Crippen molar-refractivity contribution >= 4 is 45.0 Å². The van der Waals surface area contributed by atoms with Crippen molar-refractivity contribution in [3.63, 3.8) is 0 Å². The summed E-state index contributed by atoms with van der Waals surface area (Å²) in [7, 11) is 0. The summed E-state index contributed by atoms with van der Waals surface area (Å²) in [5.74, 6) is 1.76. The summed E-state index contributed by atoms with van der Waals surface area (Å²) >= 11 is 1.42. The van der Waals surface area contributed by atoms with Crippen LogP contribution in [0.3, 0.4) is 0 Å². The lowest BCUT2D eigenvalue weighted by Crippen LogP contribution is -2.28. The lowest BCUT2D eigenvalue weighted by atomic mass is 10.1. The molecule has 0 N–H and O–H groups in total. The number of carbonyl (C=O) groups excluding carboxylic acids is 3. The highest BCUT2D eigenvalue weighted by atomic mass is 32.1. The molecule has 0 aliphatic carbocycles. The molecule has 0 radical (unpaired) electrons. The Kier molecular flexibility index (Phi) is 5.10. The van der Waals surface area contributed by atoms with Crippen LogP contribution in [-0.2, 0) is 16.1 Å². The minimum absolute atomic E-state index is 0.217. The molecule has 0 saturated carbocycles. The standard InChI is InChI=1S/C23H19N3O3S/c1-4-11-25-18-12-14(2)15(3)13-19(18)30-23(25)24-22(29)16-5-7-17(8-6-16)26-20(27)9-10-21(26)28/h1,5-8,12-13H,9-11H2,2-3H3. The smallest absolute Gasteiger partial charge is 0.279 e. The Morgan fingerprint density at radius 2 is 1.73 bits per heavy atom. The van der Waals surface area contributed by atoms with Crippen LogP contribution in [-0.4, -0.2) is 22.3 Å². The number of nitrogens with zero attached hydrogens (tertiary/aromatic N) is 3. The molecule has 7 heteroatoms. The predicted octanol–water partition coefficient (Wildman–Crippen LogP) is 3.35. The maximum Gasteiger partial charge on any atom is 0.279 e. The van der Waals surface area contributed by atoms with E-state index in [0.29, 0.717) is 22.6 Å². The number of fused-ring (bicyclic) bond motifs is 1. The Morgan fingerprint density at radius 1 is 1.10 bits per heavy atom. The number of hydrogen-bond donors (Lipinski definition) is 0. The van der Waals surface area contributed by atoms with Gasteiger partial charge in [0.25, 0.3) is 5.91 Å². The van der Waals surface area contributed by atoms with Crippen LogP contribution in [0.25, 0.3) is 10.2 Å². The van der Waals surface area contributed by atoms with Gasteiger partial charge in [-0.1, -0.05) is 17.3 Å². The minimum atomic E-state index is -0.411. The van der Waals surface area contributed by atoms with E-state index >= 15 is 0 Å². The van der Waals surface area contributed by atoms with Gasteiger partial charge in [-0.2, -0.15) is 4.99 Å². The number of terminal acetylenes is 1. The lowest BCUT2D eigenvalue weighted by Gasteiger charge is -2.13. The molecule has 0 spiro atoms. The number of hydrogen-bond acceptors (Lipinski definition) is 4. The normalized spacial score (nSPS) is 14.6. The number of thiazole rings is 1. The van der Waals surface area contributed by atoms with Crippen LogP contribution in [0.2, 0.25) is 0 Å². The zero-order chi connectivity index (χ0) is 21.4. The monoisotopic (exact) mass is 417 g/mol. The van der Waals surface area contributed by atoms with Crippen LogP contribution in [0.1, 0.15) is 34.3 Å². The van der Waals surface area contributed by atoms with E-state index in [-0.39, 0.29) is 24.7 Å². The SMILES string of the molecule is C#CCn1c(=NC(=O)c2ccc(N3C(=O)CCC3=O)cc2)sc2cc(C)c(C)cc21. The van der Waals surface area contributed by atoms with Gasteiger partial charge in [-0.25, -0.2) is 0 Å². The lowest BCUT2D eigenvalue weighted by molar-refractivity contribution is -0.121. The molecule has 2 aromatic carbocycles. The van der Waals surface area contributed by atoms with Gasteiger partial charge < -0.3 is 4.57 Å². The van der Waals surface area contributed by atoms with E-state index in [1.807, 2.05) is 18.4 Å². The summed E-state index contributed by atoms with van der Waals surface area (Å²) in [5.41, 5.74) is 4.10. The molecule has 30 heavy (non-hydrogen) atoms. The van der Waals surface area contributed by atoms with E-state index < -0.39 is 5.91 Å². The topological polar surface area (TPSA) is 71.7 Å². The summed E-state index contributed by atoms with van der Waals surface area (Å²) in [5, 5.41) is 0. The molecule has 3 amide bonds. The first-order valence-corrected chi connectivity index (χ1v) is 10.3. The molecule has 3 aromatic rings. The number of amides is 3. The van der Waals surface area contributed by atoms with E-state index in [1.54, 1.807) is 24.3 Å². The fourth-order valence-corrected chi connectivity index (χ4v) is 4.53. The molecule has 1 aromatic heterocycles. The predicted molar refractivity (Wildman–Crippen MR) is 116 cm³/mol. The summed E-state index contributed by atoms with van der Waals surface area (Å²) in [6.45, 7) is 4.39. The highest BCUT2D eigenvalue weighted by Crippen LogP contribution is 2.24. The third-order valence-electron chi connectivity index (χ3n) is 5.17. The van der Waals surface area contributed by atoms with E-state index in [0.717, 1.165) is 26.2 Å². The molecular weight excluding hydrogens is 398 g/mol. The molecule has 6 nitrogen and oxygen atoms in total. The number of rotatable bonds is 3. The molecule has 0 atom stereocenters. The van der Waals surface area contributed by atoms with Crippen molar-refractivity contribution in [2.45, 2.75) is 33.2 Å². The number of benzene rings is 2. The van der Waals surface area contributed by atoms with Gasteiger partial charge >= 0.3 is 0 Å². The highest BCUT2D eigenvalue weighted by molar-refractivity contribution is 7.16. The van der Waals surface area contributed by atoms with Gasteiger partial charge in [0.1, 0.15) is 0 Å². The van der Waals surface area contributed by atoms with Crippen molar-refractivity contribution in [3.05, 3.63) is 57.9 Å². The largest absolute Gasteiger partial charge is 0.305 e. The second-order valence-corrected chi connectivity index (χ2v) is 8.17. The van der Waals surface area contributed by atoms with Crippen LogP contribution < -0.4 is 9.70 Å². The maximum atomic E-state index is 12.8. The molecular formula is C23H19N3O3S. The number of carbonyl (C=O) groups is 3. The van der Waals surface area contributed by atoms with Crippen LogP contribution >= 0.6 is 11.3 Å². The van der Waals surface area contributed by atoms with E-state index in [4.69, 9.17) is 6.42 Å². The first kappa shape index (κ1) is 19.8. The number of aromatic nitrogens is 1. The molecule has 4 rings (SSSR count). The van der Waals surface area contributed by atoms with Gasteiger partial charge in [0.05, 0.1) is 22.4 Å². The van der Waals surface area contributed by atoms with Gasteiger partial charge in [-0.3, -0.25) is 19.3 Å². The number of imide groups is 1. The molecule has 1 aliphatic heterocycles. The molecule has 1 fully saturated rings. The average molecular weight is 417 g/mol. The molecule has 0 unspecified atom stereocenters. The Labute approximate surface area is 177 Å². The summed E-state index contributed by atoms with van der Waals surface area (Å²) < 4.78 is 2.88. The average Bonchev–Trinajstić information content (AvgIpc) is 3.22. The second kappa shape index (κ2) is 7.73. The zero-order valence-electron chi connectivity index (χ0n) is 16.6. The molecule has 1 saturated heterocycles. The fraction of sp³-hybridized carbons (Fsp3) is 0.217. The van der Waals surface area contributed by atoms with Gasteiger partial charge in [0, 0.05) is 18.4 Å². The second-order valence-electron chi connectivity index (χ2n) is 7.17. The van der Waals surface area contributed by atoms with Crippen molar-refractivity contribution in [1.82, 2.24) is 4.57 Å². The number of anilines is 1.